The second kappa shape index (κ2) is 4.59. The van der Waals surface area contributed by atoms with E-state index in [4.69, 9.17) is 10.5 Å². The summed E-state index contributed by atoms with van der Waals surface area (Å²) in [4.78, 5) is 11.6. The molecule has 0 radical (unpaired) electrons. The van der Waals surface area contributed by atoms with Crippen LogP contribution in [0.3, 0.4) is 0 Å². The number of nitrogens with zero attached hydrogens (tertiary/aromatic N) is 3. The fraction of sp³-hybridized carbons (Fsp3) is 0.556. The number of aliphatic imine (C=N–C) groups is 1. The van der Waals surface area contributed by atoms with E-state index in [0.717, 1.165) is 13.1 Å². The van der Waals surface area contributed by atoms with Crippen LogP contribution in [0.1, 0.15) is 10.9 Å². The van der Waals surface area contributed by atoms with Crippen molar-refractivity contribution in [1.29, 1.82) is 0 Å². The monoisotopic (exact) mass is 226 g/mol. The Morgan fingerprint density at radius 1 is 1.73 bits per heavy atom. The highest BCUT2D eigenvalue weighted by Crippen LogP contribution is 2.27. The van der Waals surface area contributed by atoms with Crippen LogP contribution < -0.4 is 5.73 Å². The third-order valence-corrected chi connectivity index (χ3v) is 3.29. The largest absolute Gasteiger partial charge is 0.383 e. The van der Waals surface area contributed by atoms with E-state index in [-0.39, 0.29) is 6.04 Å². The lowest BCUT2D eigenvalue weighted by Crippen LogP contribution is -2.38. The van der Waals surface area contributed by atoms with E-state index in [1.807, 2.05) is 11.7 Å². The van der Waals surface area contributed by atoms with Gasteiger partial charge in [0.05, 0.1) is 24.7 Å². The van der Waals surface area contributed by atoms with Crippen LogP contribution in [0, 0.1) is 0 Å². The number of guanidine groups is 1. The van der Waals surface area contributed by atoms with Crippen molar-refractivity contribution in [2.45, 2.75) is 6.04 Å². The van der Waals surface area contributed by atoms with Gasteiger partial charge in [0.1, 0.15) is 0 Å². The molecule has 82 valence electrons. The van der Waals surface area contributed by atoms with Gasteiger partial charge in [-0.2, -0.15) is 0 Å². The highest BCUT2D eigenvalue weighted by atomic mass is 32.1. The molecule has 0 aliphatic carbocycles. The molecule has 1 aliphatic rings. The summed E-state index contributed by atoms with van der Waals surface area (Å²) in [7, 11) is 1.69. The summed E-state index contributed by atoms with van der Waals surface area (Å²) in [5.41, 5.74) is 7.65. The molecule has 1 unspecified atom stereocenters. The molecule has 0 bridgehead atoms. The van der Waals surface area contributed by atoms with Gasteiger partial charge in [0.25, 0.3) is 0 Å². The van der Waals surface area contributed by atoms with Crippen molar-refractivity contribution in [3.8, 4) is 0 Å². The average molecular weight is 226 g/mol. The predicted molar refractivity (Wildman–Crippen MR) is 59.9 cm³/mol. The molecule has 0 spiro atoms. The van der Waals surface area contributed by atoms with Crippen LogP contribution in [0.25, 0.3) is 0 Å². The van der Waals surface area contributed by atoms with Crippen molar-refractivity contribution in [1.82, 2.24) is 9.88 Å². The van der Waals surface area contributed by atoms with Crippen molar-refractivity contribution in [2.75, 3.05) is 26.8 Å². The number of aromatic nitrogens is 1. The van der Waals surface area contributed by atoms with Crippen LogP contribution in [0.4, 0.5) is 0 Å². The van der Waals surface area contributed by atoms with Gasteiger partial charge in [-0.1, -0.05) is 0 Å². The quantitative estimate of drug-likeness (QED) is 0.810. The van der Waals surface area contributed by atoms with Crippen molar-refractivity contribution >= 4 is 17.3 Å². The van der Waals surface area contributed by atoms with Crippen molar-refractivity contribution < 1.29 is 4.74 Å². The van der Waals surface area contributed by atoms with Gasteiger partial charge in [0, 0.05) is 24.7 Å². The lowest BCUT2D eigenvalue weighted by Gasteiger charge is -2.24. The van der Waals surface area contributed by atoms with Crippen molar-refractivity contribution in [3.05, 3.63) is 16.6 Å². The minimum absolute atomic E-state index is 0.243. The lowest BCUT2D eigenvalue weighted by molar-refractivity contribution is 0.167. The number of ether oxygens (including phenoxy) is 1. The van der Waals surface area contributed by atoms with Gasteiger partial charge in [0.15, 0.2) is 5.96 Å². The van der Waals surface area contributed by atoms with E-state index >= 15 is 0 Å². The third kappa shape index (κ3) is 2.10. The van der Waals surface area contributed by atoms with Gasteiger partial charge in [-0.25, -0.2) is 0 Å². The summed E-state index contributed by atoms with van der Waals surface area (Å²) in [6, 6.07) is 0.243. The number of methoxy groups -OCH3 is 1. The van der Waals surface area contributed by atoms with Gasteiger partial charge in [-0.3, -0.25) is 9.98 Å². The average Bonchev–Trinajstić information content (AvgIpc) is 2.84. The molecule has 0 saturated carbocycles. The first kappa shape index (κ1) is 10.4. The number of rotatable bonds is 4. The Balaban J connectivity index is 2.07. The van der Waals surface area contributed by atoms with Crippen molar-refractivity contribution in [3.63, 3.8) is 0 Å². The zero-order chi connectivity index (χ0) is 10.7. The van der Waals surface area contributed by atoms with E-state index in [0.29, 0.717) is 12.6 Å². The molecule has 2 rings (SSSR count). The molecule has 1 atom stereocenters. The lowest BCUT2D eigenvalue weighted by atomic mass is 10.2. The van der Waals surface area contributed by atoms with Crippen LogP contribution in [0.15, 0.2) is 16.7 Å². The Morgan fingerprint density at radius 3 is 3.27 bits per heavy atom. The highest BCUT2D eigenvalue weighted by molar-refractivity contribution is 7.09. The predicted octanol–water partition coefficient (Wildman–Crippen LogP) is 0.461. The van der Waals surface area contributed by atoms with Gasteiger partial charge in [0.2, 0.25) is 0 Å². The van der Waals surface area contributed by atoms with Gasteiger partial charge in [-0.05, 0) is 0 Å². The molecule has 6 heteroatoms. The Labute approximate surface area is 92.6 Å². The molecule has 1 aromatic heterocycles. The summed E-state index contributed by atoms with van der Waals surface area (Å²) < 4.78 is 5.05. The summed E-state index contributed by atoms with van der Waals surface area (Å²) in [6.07, 6.45) is 1.88. The normalized spacial score (nSPS) is 20.7. The molecule has 2 N–H and O–H groups in total. The van der Waals surface area contributed by atoms with Crippen LogP contribution in [0.2, 0.25) is 0 Å². The van der Waals surface area contributed by atoms with Crippen LogP contribution >= 0.6 is 11.3 Å². The van der Waals surface area contributed by atoms with Gasteiger partial charge < -0.3 is 15.4 Å². The molecule has 0 aromatic carbocycles. The summed E-state index contributed by atoms with van der Waals surface area (Å²) in [5, 5.41) is 0. The number of nitrogens with two attached hydrogens (primary N) is 1. The fourth-order valence-electron chi connectivity index (χ4n) is 1.62. The number of hydrogen-bond donors (Lipinski definition) is 1. The zero-order valence-electron chi connectivity index (χ0n) is 8.59. The minimum atomic E-state index is 0.243. The molecule has 15 heavy (non-hydrogen) atoms. The van der Waals surface area contributed by atoms with Gasteiger partial charge in [-0.15, -0.1) is 11.3 Å². The van der Waals surface area contributed by atoms with E-state index < -0.39 is 0 Å². The summed E-state index contributed by atoms with van der Waals surface area (Å²) in [5.74, 6) is 0.602. The Kier molecular flexibility index (Phi) is 3.17. The molecule has 0 amide bonds. The molecular weight excluding hydrogens is 212 g/mol. The van der Waals surface area contributed by atoms with E-state index in [1.54, 1.807) is 18.4 Å². The molecule has 5 nitrogen and oxygen atoms in total. The highest BCUT2D eigenvalue weighted by Gasteiger charge is 2.27. The second-order valence-corrected chi connectivity index (χ2v) is 4.22. The standard InChI is InChI=1S/C9H14N4OS/c1-14-3-2-13-7(4-12-9(13)10)8-5-11-6-15-8/h5-7H,2-4H2,1H3,(H2,10,12). The SMILES string of the molecule is COCCN1C(N)=NCC1c1cncs1. The van der Waals surface area contributed by atoms with Crippen LogP contribution in [-0.2, 0) is 4.74 Å². The molecule has 1 aromatic rings. The molecule has 1 aliphatic heterocycles. The maximum absolute atomic E-state index is 5.82. The Bertz CT molecular complexity index is 338. The summed E-state index contributed by atoms with van der Waals surface area (Å²) >= 11 is 1.64. The maximum atomic E-state index is 5.82. The zero-order valence-corrected chi connectivity index (χ0v) is 9.41. The van der Waals surface area contributed by atoms with Crippen molar-refractivity contribution in [2.24, 2.45) is 10.7 Å². The van der Waals surface area contributed by atoms with Crippen LogP contribution in [-0.4, -0.2) is 42.6 Å². The first-order valence-corrected chi connectivity index (χ1v) is 5.64. The molecule has 2 heterocycles. The Hall–Kier alpha value is -1.14. The van der Waals surface area contributed by atoms with Crippen LogP contribution in [0.5, 0.6) is 0 Å². The van der Waals surface area contributed by atoms with Gasteiger partial charge >= 0.3 is 0 Å². The minimum Gasteiger partial charge on any atom is -0.383 e. The molecule has 0 saturated heterocycles. The topological polar surface area (TPSA) is 63.7 Å². The summed E-state index contributed by atoms with van der Waals surface area (Å²) in [6.45, 7) is 2.15. The number of hydrogen-bond acceptors (Lipinski definition) is 6. The molecule has 0 fully saturated rings. The first-order chi connectivity index (χ1) is 7.33. The van der Waals surface area contributed by atoms with E-state index in [1.165, 1.54) is 4.88 Å². The fourth-order valence-corrected chi connectivity index (χ4v) is 2.35. The third-order valence-electron chi connectivity index (χ3n) is 2.41. The maximum Gasteiger partial charge on any atom is 0.192 e. The van der Waals surface area contributed by atoms with E-state index in [2.05, 4.69) is 14.9 Å². The second-order valence-electron chi connectivity index (χ2n) is 3.30. The Morgan fingerprint density at radius 2 is 2.60 bits per heavy atom. The van der Waals surface area contributed by atoms with E-state index in [9.17, 15) is 0 Å². The number of thiazole rings is 1. The first-order valence-electron chi connectivity index (χ1n) is 4.77. The molecular formula is C9H14N4OS. The smallest absolute Gasteiger partial charge is 0.192 e.